The molecule has 100 valence electrons. The summed E-state index contributed by atoms with van der Waals surface area (Å²) < 4.78 is 5.43. The van der Waals surface area contributed by atoms with Crippen LogP contribution in [0.5, 0.6) is 0 Å². The molecule has 2 N–H and O–H groups in total. The van der Waals surface area contributed by atoms with Crippen molar-refractivity contribution in [2.45, 2.75) is 44.8 Å². The van der Waals surface area contributed by atoms with Gasteiger partial charge in [-0.3, -0.25) is 4.79 Å². The lowest BCUT2D eigenvalue weighted by Crippen LogP contribution is -2.40. The van der Waals surface area contributed by atoms with Crippen molar-refractivity contribution < 1.29 is 9.53 Å². The summed E-state index contributed by atoms with van der Waals surface area (Å²) in [6.45, 7) is 4.92. The van der Waals surface area contributed by atoms with Gasteiger partial charge in [-0.25, -0.2) is 0 Å². The number of piperidine rings is 1. The van der Waals surface area contributed by atoms with Gasteiger partial charge in [-0.2, -0.15) is 0 Å². The molecule has 0 spiro atoms. The topological polar surface area (TPSA) is 50.4 Å². The third kappa shape index (κ3) is 4.45. The van der Waals surface area contributed by atoms with Gasteiger partial charge in [0.2, 0.25) is 5.91 Å². The molecule has 2 unspecified atom stereocenters. The Hall–Kier alpha value is -0.320. The second-order valence-corrected chi connectivity index (χ2v) is 4.94. The van der Waals surface area contributed by atoms with E-state index in [1.807, 2.05) is 6.92 Å². The van der Waals surface area contributed by atoms with Crippen LogP contribution in [0.1, 0.15) is 32.6 Å². The van der Waals surface area contributed by atoms with E-state index in [1.54, 1.807) is 0 Å². The zero-order chi connectivity index (χ0) is 11.4. The first-order valence-corrected chi connectivity index (χ1v) is 6.37. The Balaban J connectivity index is 0.00000144. The summed E-state index contributed by atoms with van der Waals surface area (Å²) in [5, 5.41) is 6.41. The lowest BCUT2D eigenvalue weighted by Gasteiger charge is -2.23. The van der Waals surface area contributed by atoms with Crippen LogP contribution in [0.2, 0.25) is 0 Å². The molecule has 0 bridgehead atoms. The van der Waals surface area contributed by atoms with Crippen LogP contribution < -0.4 is 10.6 Å². The van der Waals surface area contributed by atoms with E-state index in [0.717, 1.165) is 39.0 Å². The molecule has 17 heavy (non-hydrogen) atoms. The smallest absolute Gasteiger partial charge is 0.220 e. The van der Waals surface area contributed by atoms with Crippen LogP contribution in [-0.2, 0) is 9.53 Å². The van der Waals surface area contributed by atoms with Gasteiger partial charge in [-0.1, -0.05) is 0 Å². The summed E-state index contributed by atoms with van der Waals surface area (Å²) in [6, 6.07) is 0.231. The summed E-state index contributed by atoms with van der Waals surface area (Å²) >= 11 is 0. The molecule has 0 aromatic heterocycles. The maximum absolute atomic E-state index is 11.8. The highest BCUT2D eigenvalue weighted by Crippen LogP contribution is 2.17. The molecule has 0 aromatic carbocycles. The van der Waals surface area contributed by atoms with Gasteiger partial charge in [0, 0.05) is 13.0 Å². The average molecular weight is 263 g/mol. The van der Waals surface area contributed by atoms with Crippen molar-refractivity contribution >= 4 is 18.3 Å². The Morgan fingerprint density at radius 3 is 2.65 bits per heavy atom. The van der Waals surface area contributed by atoms with Gasteiger partial charge in [0.05, 0.1) is 12.1 Å². The Morgan fingerprint density at radius 1 is 1.35 bits per heavy atom. The highest BCUT2D eigenvalue weighted by atomic mass is 35.5. The van der Waals surface area contributed by atoms with Crippen LogP contribution in [-0.4, -0.2) is 37.7 Å². The lowest BCUT2D eigenvalue weighted by atomic mass is 9.94. The third-order valence-electron chi connectivity index (χ3n) is 3.66. The fraction of sp³-hybridized carbons (Fsp3) is 0.917. The monoisotopic (exact) mass is 262 g/mol. The molecule has 2 heterocycles. The number of nitrogens with one attached hydrogen (secondary N) is 2. The molecule has 2 atom stereocenters. The summed E-state index contributed by atoms with van der Waals surface area (Å²) in [5.74, 6) is 0.771. The molecule has 2 rings (SSSR count). The lowest BCUT2D eigenvalue weighted by molar-refractivity contribution is -0.123. The van der Waals surface area contributed by atoms with Crippen molar-refractivity contribution in [1.82, 2.24) is 10.6 Å². The fourth-order valence-corrected chi connectivity index (χ4v) is 2.54. The van der Waals surface area contributed by atoms with Crippen molar-refractivity contribution in [1.29, 1.82) is 0 Å². The molecule has 0 aliphatic carbocycles. The molecule has 0 aromatic rings. The van der Waals surface area contributed by atoms with Crippen LogP contribution in [0.25, 0.3) is 0 Å². The van der Waals surface area contributed by atoms with Crippen molar-refractivity contribution in [3.8, 4) is 0 Å². The second kappa shape index (κ2) is 7.19. The number of amides is 1. The van der Waals surface area contributed by atoms with Crippen molar-refractivity contribution in [2.24, 2.45) is 5.92 Å². The second-order valence-electron chi connectivity index (χ2n) is 4.94. The maximum Gasteiger partial charge on any atom is 0.220 e. The maximum atomic E-state index is 11.8. The summed E-state index contributed by atoms with van der Waals surface area (Å²) in [5.41, 5.74) is 0. The van der Waals surface area contributed by atoms with E-state index in [1.165, 1.54) is 0 Å². The van der Waals surface area contributed by atoms with Gasteiger partial charge in [0.25, 0.3) is 0 Å². The van der Waals surface area contributed by atoms with Gasteiger partial charge in [0.15, 0.2) is 0 Å². The number of ether oxygens (including phenoxy) is 1. The van der Waals surface area contributed by atoms with E-state index < -0.39 is 0 Å². The standard InChI is InChI=1S/C12H22N2O2.ClH/c1-9-11(4-7-16-9)14-12(15)8-10-2-5-13-6-3-10;/h9-11,13H,2-8H2,1H3,(H,14,15);1H. The first kappa shape index (κ1) is 14.7. The zero-order valence-corrected chi connectivity index (χ0v) is 11.2. The third-order valence-corrected chi connectivity index (χ3v) is 3.66. The molecule has 0 radical (unpaired) electrons. The molecular weight excluding hydrogens is 240 g/mol. The highest BCUT2D eigenvalue weighted by molar-refractivity contribution is 5.85. The fourth-order valence-electron chi connectivity index (χ4n) is 2.54. The van der Waals surface area contributed by atoms with Gasteiger partial charge in [-0.15, -0.1) is 12.4 Å². The Morgan fingerprint density at radius 2 is 2.06 bits per heavy atom. The first-order valence-electron chi connectivity index (χ1n) is 6.37. The van der Waals surface area contributed by atoms with E-state index in [2.05, 4.69) is 10.6 Å². The Kier molecular flexibility index (Phi) is 6.23. The van der Waals surface area contributed by atoms with Gasteiger partial charge in [-0.05, 0) is 45.2 Å². The molecule has 2 aliphatic rings. The van der Waals surface area contributed by atoms with Crippen molar-refractivity contribution in [3.63, 3.8) is 0 Å². The number of halogens is 1. The van der Waals surface area contributed by atoms with Crippen LogP contribution >= 0.6 is 12.4 Å². The van der Waals surface area contributed by atoms with Crippen LogP contribution in [0.15, 0.2) is 0 Å². The summed E-state index contributed by atoms with van der Waals surface area (Å²) in [6.07, 6.45) is 4.08. The minimum atomic E-state index is 0. The SMILES string of the molecule is CC1OCCC1NC(=O)CC1CCNCC1.Cl. The minimum absolute atomic E-state index is 0. The largest absolute Gasteiger partial charge is 0.376 e. The van der Waals surface area contributed by atoms with E-state index in [-0.39, 0.29) is 30.5 Å². The predicted molar refractivity (Wildman–Crippen MR) is 69.4 cm³/mol. The first-order chi connectivity index (χ1) is 7.75. The van der Waals surface area contributed by atoms with E-state index in [4.69, 9.17) is 4.74 Å². The van der Waals surface area contributed by atoms with E-state index >= 15 is 0 Å². The van der Waals surface area contributed by atoms with Crippen LogP contribution in [0.3, 0.4) is 0 Å². The summed E-state index contributed by atoms with van der Waals surface area (Å²) in [7, 11) is 0. The van der Waals surface area contributed by atoms with E-state index in [9.17, 15) is 4.79 Å². The number of carbonyl (C=O) groups excluding carboxylic acids is 1. The Labute approximate surface area is 109 Å². The molecule has 4 nitrogen and oxygen atoms in total. The molecular formula is C12H23ClN2O2. The molecule has 5 heteroatoms. The zero-order valence-electron chi connectivity index (χ0n) is 10.4. The quantitative estimate of drug-likeness (QED) is 0.801. The minimum Gasteiger partial charge on any atom is -0.376 e. The normalized spacial score (nSPS) is 29.7. The highest BCUT2D eigenvalue weighted by Gasteiger charge is 2.26. The van der Waals surface area contributed by atoms with Crippen molar-refractivity contribution in [2.75, 3.05) is 19.7 Å². The average Bonchev–Trinajstić information content (AvgIpc) is 2.66. The number of rotatable bonds is 3. The van der Waals surface area contributed by atoms with Gasteiger partial charge < -0.3 is 15.4 Å². The number of carbonyl (C=O) groups is 1. The van der Waals surface area contributed by atoms with Crippen LogP contribution in [0.4, 0.5) is 0 Å². The molecule has 1 amide bonds. The molecule has 2 aliphatic heterocycles. The van der Waals surface area contributed by atoms with Crippen LogP contribution in [0, 0.1) is 5.92 Å². The van der Waals surface area contributed by atoms with Crippen molar-refractivity contribution in [3.05, 3.63) is 0 Å². The van der Waals surface area contributed by atoms with Gasteiger partial charge >= 0.3 is 0 Å². The molecule has 0 saturated carbocycles. The molecule has 2 fully saturated rings. The Bertz CT molecular complexity index is 245. The predicted octanol–water partition coefficient (Wildman–Crippen LogP) is 1.09. The van der Waals surface area contributed by atoms with E-state index in [0.29, 0.717) is 12.3 Å². The molecule has 2 saturated heterocycles. The number of hydrogen-bond acceptors (Lipinski definition) is 3. The summed E-state index contributed by atoms with van der Waals surface area (Å²) in [4.78, 5) is 11.8. The van der Waals surface area contributed by atoms with Gasteiger partial charge in [0.1, 0.15) is 0 Å². The number of hydrogen-bond donors (Lipinski definition) is 2.